The number of anilines is 1. The molecule has 0 amide bonds. The van der Waals surface area contributed by atoms with Gasteiger partial charge in [0.2, 0.25) is 0 Å². The first-order valence-electron chi connectivity index (χ1n) is 4.73. The zero-order valence-electron chi connectivity index (χ0n) is 8.46. The van der Waals surface area contributed by atoms with Crippen LogP contribution in [0.25, 0.3) is 10.9 Å². The van der Waals surface area contributed by atoms with Crippen molar-refractivity contribution in [2.75, 3.05) is 5.32 Å². The third-order valence-electron chi connectivity index (χ3n) is 2.05. The predicted octanol–water partition coefficient (Wildman–Crippen LogP) is 2.57. The average molecular weight is 188 g/mol. The van der Waals surface area contributed by atoms with Crippen LogP contribution >= 0.6 is 0 Å². The summed E-state index contributed by atoms with van der Waals surface area (Å²) < 4.78 is 0. The molecule has 0 fully saturated rings. The van der Waals surface area contributed by atoms with Gasteiger partial charge in [-0.1, -0.05) is 6.07 Å². The summed E-state index contributed by atoms with van der Waals surface area (Å²) in [4.78, 5) is 0. The molecule has 0 bridgehead atoms. The first kappa shape index (κ1) is 9.06. The van der Waals surface area contributed by atoms with Crippen molar-refractivity contribution in [2.24, 2.45) is 0 Å². The van der Waals surface area contributed by atoms with Gasteiger partial charge in [0.15, 0.2) is 5.82 Å². The predicted molar refractivity (Wildman–Crippen MR) is 59.3 cm³/mol. The summed E-state index contributed by atoms with van der Waals surface area (Å²) in [5.41, 5.74) is 2.05. The molecule has 1 radical (unpaired) electrons. The fourth-order valence-electron chi connectivity index (χ4n) is 1.44. The monoisotopic (exact) mass is 188 g/mol. The Morgan fingerprint density at radius 2 is 2.21 bits per heavy atom. The zero-order valence-corrected chi connectivity index (χ0v) is 8.46. The molecule has 0 aliphatic carbocycles. The third-order valence-corrected chi connectivity index (χ3v) is 2.05. The lowest BCUT2D eigenvalue weighted by Gasteiger charge is -2.06. The first-order valence-corrected chi connectivity index (χ1v) is 4.73. The minimum Gasteiger partial charge on any atom is -0.366 e. The molecular formula is C11H14N3. The van der Waals surface area contributed by atoms with Crippen LogP contribution in [0.2, 0.25) is 0 Å². The Labute approximate surface area is 83.5 Å². The summed E-state index contributed by atoms with van der Waals surface area (Å²) in [6.45, 7) is 8.08. The molecule has 1 heterocycles. The van der Waals surface area contributed by atoms with Gasteiger partial charge in [-0.2, -0.15) is 5.10 Å². The second-order valence-electron chi connectivity index (χ2n) is 3.75. The van der Waals surface area contributed by atoms with Gasteiger partial charge in [-0.05, 0) is 38.5 Å². The largest absolute Gasteiger partial charge is 0.366 e. The number of hydrogen-bond acceptors (Lipinski definition) is 2. The van der Waals surface area contributed by atoms with Crippen LogP contribution in [0.4, 0.5) is 5.82 Å². The second kappa shape index (κ2) is 3.33. The number of aromatic nitrogens is 2. The third kappa shape index (κ3) is 1.58. The maximum Gasteiger partial charge on any atom is 0.155 e. The first-order chi connectivity index (χ1) is 6.66. The van der Waals surface area contributed by atoms with Gasteiger partial charge in [0.25, 0.3) is 0 Å². The summed E-state index contributed by atoms with van der Waals surface area (Å²) in [7, 11) is 0. The van der Waals surface area contributed by atoms with E-state index in [1.54, 1.807) is 0 Å². The molecule has 2 rings (SSSR count). The molecule has 0 spiro atoms. The molecule has 0 saturated carbocycles. The van der Waals surface area contributed by atoms with Crippen LogP contribution in [-0.4, -0.2) is 16.2 Å². The van der Waals surface area contributed by atoms with Crippen molar-refractivity contribution in [3.8, 4) is 0 Å². The molecule has 14 heavy (non-hydrogen) atoms. The Balaban J connectivity index is 2.50. The Hall–Kier alpha value is -1.51. The van der Waals surface area contributed by atoms with E-state index in [9.17, 15) is 0 Å². The van der Waals surface area contributed by atoms with Crippen molar-refractivity contribution in [1.82, 2.24) is 10.2 Å². The minimum atomic E-state index is 0.384. The van der Waals surface area contributed by atoms with Crippen molar-refractivity contribution in [3.05, 3.63) is 30.7 Å². The molecule has 1 aromatic carbocycles. The molecule has 0 saturated heterocycles. The number of aromatic amines is 1. The SMILES string of the molecule is [CH2]c1ccc2[nH]nc(NC(C)C)c2c1. The normalized spacial score (nSPS) is 11.1. The summed E-state index contributed by atoms with van der Waals surface area (Å²) in [5.74, 6) is 0.903. The maximum atomic E-state index is 4.21. The average Bonchev–Trinajstić information content (AvgIpc) is 2.47. The quantitative estimate of drug-likeness (QED) is 0.760. The van der Waals surface area contributed by atoms with Gasteiger partial charge >= 0.3 is 0 Å². The molecular weight excluding hydrogens is 174 g/mol. The number of benzene rings is 1. The van der Waals surface area contributed by atoms with Crippen LogP contribution < -0.4 is 5.32 Å². The van der Waals surface area contributed by atoms with Crippen LogP contribution in [-0.2, 0) is 0 Å². The van der Waals surface area contributed by atoms with E-state index in [1.807, 2.05) is 18.2 Å². The van der Waals surface area contributed by atoms with Gasteiger partial charge < -0.3 is 5.32 Å². The maximum absolute atomic E-state index is 4.21. The van der Waals surface area contributed by atoms with Crippen LogP contribution in [0.1, 0.15) is 19.4 Å². The topological polar surface area (TPSA) is 40.7 Å². The van der Waals surface area contributed by atoms with E-state index in [1.165, 1.54) is 0 Å². The Kier molecular flexibility index (Phi) is 2.15. The molecule has 3 heteroatoms. The number of rotatable bonds is 2. The number of hydrogen-bond donors (Lipinski definition) is 2. The molecule has 0 unspecified atom stereocenters. The van der Waals surface area contributed by atoms with Gasteiger partial charge in [0.1, 0.15) is 0 Å². The van der Waals surface area contributed by atoms with Crippen molar-refractivity contribution in [2.45, 2.75) is 19.9 Å². The van der Waals surface area contributed by atoms with E-state index in [0.717, 1.165) is 22.3 Å². The van der Waals surface area contributed by atoms with Gasteiger partial charge in [-0.15, -0.1) is 0 Å². The molecule has 3 nitrogen and oxygen atoms in total. The highest BCUT2D eigenvalue weighted by molar-refractivity contribution is 5.90. The molecule has 2 N–H and O–H groups in total. The van der Waals surface area contributed by atoms with E-state index in [2.05, 4.69) is 36.3 Å². The summed E-state index contributed by atoms with van der Waals surface area (Å²) in [5, 5.41) is 11.6. The van der Waals surface area contributed by atoms with E-state index in [-0.39, 0.29) is 0 Å². The summed E-state index contributed by atoms with van der Waals surface area (Å²) in [6, 6.07) is 6.38. The van der Waals surface area contributed by atoms with Crippen molar-refractivity contribution in [3.63, 3.8) is 0 Å². The molecule has 73 valence electrons. The number of nitrogens with one attached hydrogen (secondary N) is 2. The Morgan fingerprint density at radius 1 is 1.43 bits per heavy atom. The van der Waals surface area contributed by atoms with Crippen molar-refractivity contribution < 1.29 is 0 Å². The van der Waals surface area contributed by atoms with Crippen LogP contribution in [0.15, 0.2) is 18.2 Å². The van der Waals surface area contributed by atoms with E-state index >= 15 is 0 Å². The summed E-state index contributed by atoms with van der Waals surface area (Å²) in [6.07, 6.45) is 0. The molecule has 0 aliphatic rings. The Morgan fingerprint density at radius 3 is 2.93 bits per heavy atom. The fourth-order valence-corrected chi connectivity index (χ4v) is 1.44. The molecule has 1 aromatic heterocycles. The summed E-state index contributed by atoms with van der Waals surface area (Å²) >= 11 is 0. The second-order valence-corrected chi connectivity index (χ2v) is 3.75. The van der Waals surface area contributed by atoms with E-state index in [0.29, 0.717) is 6.04 Å². The van der Waals surface area contributed by atoms with Gasteiger partial charge in [0.05, 0.1) is 5.52 Å². The smallest absolute Gasteiger partial charge is 0.155 e. The minimum absolute atomic E-state index is 0.384. The van der Waals surface area contributed by atoms with Crippen LogP contribution in [0.3, 0.4) is 0 Å². The fraction of sp³-hybridized carbons (Fsp3) is 0.273. The molecule has 2 aromatic rings. The van der Waals surface area contributed by atoms with Gasteiger partial charge in [-0.25, -0.2) is 0 Å². The molecule has 0 aliphatic heterocycles. The highest BCUT2D eigenvalue weighted by atomic mass is 15.2. The number of fused-ring (bicyclic) bond motifs is 1. The number of H-pyrrole nitrogens is 1. The number of nitrogens with zero attached hydrogens (tertiary/aromatic N) is 1. The highest BCUT2D eigenvalue weighted by Crippen LogP contribution is 2.21. The lowest BCUT2D eigenvalue weighted by molar-refractivity contribution is 0.886. The zero-order chi connectivity index (χ0) is 10.1. The Bertz CT molecular complexity index is 443. The molecule has 0 atom stereocenters. The van der Waals surface area contributed by atoms with E-state index in [4.69, 9.17) is 0 Å². The van der Waals surface area contributed by atoms with Crippen LogP contribution in [0, 0.1) is 6.92 Å². The van der Waals surface area contributed by atoms with Crippen LogP contribution in [0.5, 0.6) is 0 Å². The van der Waals surface area contributed by atoms with E-state index < -0.39 is 0 Å². The lowest BCUT2D eigenvalue weighted by Crippen LogP contribution is -2.09. The van der Waals surface area contributed by atoms with Gasteiger partial charge in [-0.3, -0.25) is 5.10 Å². The standard InChI is InChI=1S/C11H14N3/c1-7(2)12-11-9-6-8(3)4-5-10(9)13-14-11/h4-7H,3H2,1-2H3,(H2,12,13,14). The van der Waals surface area contributed by atoms with Crippen molar-refractivity contribution >= 4 is 16.7 Å². The van der Waals surface area contributed by atoms with Crippen molar-refractivity contribution in [1.29, 1.82) is 0 Å². The van der Waals surface area contributed by atoms with Gasteiger partial charge in [0, 0.05) is 11.4 Å². The highest BCUT2D eigenvalue weighted by Gasteiger charge is 2.05. The lowest BCUT2D eigenvalue weighted by atomic mass is 10.2.